The van der Waals surface area contributed by atoms with E-state index in [0.717, 1.165) is 5.56 Å². The standard InChI is InChI=1S/C14H9Cl2FN2/c15-11-2-1-9(13(16)6-11)8-19-12-3-4-14(17)10(5-12)7-18/h1-6,19H,8H2. The number of hydrogen-bond donors (Lipinski definition) is 1. The Bertz CT molecular complexity index is 650. The van der Waals surface area contributed by atoms with E-state index in [1.807, 2.05) is 6.07 Å². The highest BCUT2D eigenvalue weighted by Gasteiger charge is 2.04. The monoisotopic (exact) mass is 294 g/mol. The molecule has 0 amide bonds. The predicted molar refractivity (Wildman–Crippen MR) is 74.9 cm³/mol. The molecule has 19 heavy (non-hydrogen) atoms. The van der Waals surface area contributed by atoms with Gasteiger partial charge in [-0.3, -0.25) is 0 Å². The normalized spacial score (nSPS) is 10.0. The van der Waals surface area contributed by atoms with Gasteiger partial charge in [-0.05, 0) is 35.9 Å². The van der Waals surface area contributed by atoms with Crippen LogP contribution in [0.3, 0.4) is 0 Å². The molecule has 2 aromatic rings. The summed E-state index contributed by atoms with van der Waals surface area (Å²) >= 11 is 11.9. The number of halogens is 3. The number of benzene rings is 2. The van der Waals surface area contributed by atoms with Crippen LogP contribution in [0.1, 0.15) is 11.1 Å². The molecule has 0 aliphatic carbocycles. The van der Waals surface area contributed by atoms with E-state index in [4.69, 9.17) is 28.5 Å². The van der Waals surface area contributed by atoms with Gasteiger partial charge in [-0.25, -0.2) is 4.39 Å². The Morgan fingerprint density at radius 3 is 2.63 bits per heavy atom. The van der Waals surface area contributed by atoms with Crippen LogP contribution in [-0.2, 0) is 6.54 Å². The predicted octanol–water partition coefficient (Wildman–Crippen LogP) is 4.62. The number of rotatable bonds is 3. The molecule has 0 aliphatic heterocycles. The molecule has 5 heteroatoms. The summed E-state index contributed by atoms with van der Waals surface area (Å²) < 4.78 is 13.2. The molecule has 96 valence electrons. The van der Waals surface area contributed by atoms with Gasteiger partial charge in [0.15, 0.2) is 0 Å². The van der Waals surface area contributed by atoms with Crippen LogP contribution >= 0.6 is 23.2 Å². The third-order valence-electron chi connectivity index (χ3n) is 2.58. The van der Waals surface area contributed by atoms with E-state index < -0.39 is 5.82 Å². The van der Waals surface area contributed by atoms with E-state index in [-0.39, 0.29) is 5.56 Å². The minimum atomic E-state index is -0.530. The van der Waals surface area contributed by atoms with E-state index in [9.17, 15) is 4.39 Å². The Hall–Kier alpha value is -1.76. The van der Waals surface area contributed by atoms with Crippen molar-refractivity contribution < 1.29 is 4.39 Å². The molecule has 0 saturated heterocycles. The minimum absolute atomic E-state index is 0.00667. The summed E-state index contributed by atoms with van der Waals surface area (Å²) in [4.78, 5) is 0. The fourth-order valence-electron chi connectivity index (χ4n) is 1.58. The quantitative estimate of drug-likeness (QED) is 0.897. The van der Waals surface area contributed by atoms with Crippen LogP contribution in [0.4, 0.5) is 10.1 Å². The van der Waals surface area contributed by atoms with Crippen molar-refractivity contribution in [3.63, 3.8) is 0 Å². The summed E-state index contributed by atoms with van der Waals surface area (Å²) in [6.45, 7) is 0.465. The van der Waals surface area contributed by atoms with E-state index >= 15 is 0 Å². The highest BCUT2D eigenvalue weighted by molar-refractivity contribution is 6.35. The number of hydrogen-bond acceptors (Lipinski definition) is 2. The number of nitriles is 1. The van der Waals surface area contributed by atoms with E-state index in [1.54, 1.807) is 24.3 Å². The van der Waals surface area contributed by atoms with Crippen LogP contribution < -0.4 is 5.32 Å². The van der Waals surface area contributed by atoms with Crippen LogP contribution in [0, 0.1) is 17.1 Å². The fourth-order valence-corrected chi connectivity index (χ4v) is 2.06. The van der Waals surface area contributed by atoms with Crippen molar-refractivity contribution in [3.05, 3.63) is 63.4 Å². The minimum Gasteiger partial charge on any atom is -0.381 e. The second kappa shape index (κ2) is 5.92. The molecule has 1 N–H and O–H groups in total. The number of nitrogens with zero attached hydrogens (tertiary/aromatic N) is 1. The molecule has 2 nitrogen and oxygen atoms in total. The molecule has 0 bridgehead atoms. The van der Waals surface area contributed by atoms with Crippen LogP contribution in [0.15, 0.2) is 36.4 Å². The fraction of sp³-hybridized carbons (Fsp3) is 0.0714. The summed E-state index contributed by atoms with van der Waals surface area (Å²) in [6, 6.07) is 11.3. The summed E-state index contributed by atoms with van der Waals surface area (Å²) in [5.74, 6) is -0.530. The summed E-state index contributed by atoms with van der Waals surface area (Å²) in [6.07, 6.45) is 0. The van der Waals surface area contributed by atoms with Crippen molar-refractivity contribution in [1.29, 1.82) is 5.26 Å². The van der Waals surface area contributed by atoms with Gasteiger partial charge in [-0.2, -0.15) is 5.26 Å². The molecular weight excluding hydrogens is 286 g/mol. The van der Waals surface area contributed by atoms with E-state index in [2.05, 4.69) is 5.32 Å². The Balaban J connectivity index is 2.13. The van der Waals surface area contributed by atoms with Crippen LogP contribution in [-0.4, -0.2) is 0 Å². The molecule has 0 spiro atoms. The van der Waals surface area contributed by atoms with Gasteiger partial charge in [0.25, 0.3) is 0 Å². The summed E-state index contributed by atoms with van der Waals surface area (Å²) in [7, 11) is 0. The highest BCUT2D eigenvalue weighted by atomic mass is 35.5. The van der Waals surface area contributed by atoms with Crippen molar-refractivity contribution in [1.82, 2.24) is 0 Å². The first-order valence-corrected chi connectivity index (χ1v) is 6.23. The van der Waals surface area contributed by atoms with Gasteiger partial charge in [0.2, 0.25) is 0 Å². The molecule has 0 unspecified atom stereocenters. The number of anilines is 1. The second-order valence-corrected chi connectivity index (χ2v) is 4.74. The summed E-state index contributed by atoms with van der Waals surface area (Å²) in [5, 5.41) is 13.0. The molecule has 0 heterocycles. The van der Waals surface area contributed by atoms with Gasteiger partial charge >= 0.3 is 0 Å². The lowest BCUT2D eigenvalue weighted by molar-refractivity contribution is 0.624. The van der Waals surface area contributed by atoms with E-state index in [0.29, 0.717) is 22.3 Å². The van der Waals surface area contributed by atoms with Crippen molar-refractivity contribution >= 4 is 28.9 Å². The van der Waals surface area contributed by atoms with Gasteiger partial charge < -0.3 is 5.32 Å². The Morgan fingerprint density at radius 1 is 1.16 bits per heavy atom. The maximum atomic E-state index is 13.2. The molecule has 0 radical (unpaired) electrons. The zero-order valence-electron chi connectivity index (χ0n) is 9.75. The molecular formula is C14H9Cl2FN2. The lowest BCUT2D eigenvalue weighted by Crippen LogP contribution is -2.00. The van der Waals surface area contributed by atoms with Crippen molar-refractivity contribution in [2.24, 2.45) is 0 Å². The number of nitrogens with one attached hydrogen (secondary N) is 1. The first-order chi connectivity index (χ1) is 9.10. The van der Waals surface area contributed by atoms with Gasteiger partial charge in [0.05, 0.1) is 5.56 Å². The van der Waals surface area contributed by atoms with Gasteiger partial charge in [-0.1, -0.05) is 29.3 Å². The van der Waals surface area contributed by atoms with Crippen molar-refractivity contribution in [2.45, 2.75) is 6.54 Å². The van der Waals surface area contributed by atoms with Gasteiger partial charge in [-0.15, -0.1) is 0 Å². The zero-order valence-corrected chi connectivity index (χ0v) is 11.3. The SMILES string of the molecule is N#Cc1cc(NCc2ccc(Cl)cc2Cl)ccc1F. The lowest BCUT2D eigenvalue weighted by Gasteiger charge is -2.09. The Kier molecular flexibility index (Phi) is 4.26. The highest BCUT2D eigenvalue weighted by Crippen LogP contribution is 2.22. The van der Waals surface area contributed by atoms with Crippen LogP contribution in [0.2, 0.25) is 10.0 Å². The topological polar surface area (TPSA) is 35.8 Å². The average molecular weight is 295 g/mol. The smallest absolute Gasteiger partial charge is 0.141 e. The molecule has 0 saturated carbocycles. The molecule has 2 aromatic carbocycles. The Morgan fingerprint density at radius 2 is 1.95 bits per heavy atom. The molecule has 2 rings (SSSR count). The maximum absolute atomic E-state index is 13.2. The largest absolute Gasteiger partial charge is 0.381 e. The Labute approximate surface area is 120 Å². The summed E-state index contributed by atoms with van der Waals surface area (Å²) in [5.41, 5.74) is 1.53. The van der Waals surface area contributed by atoms with Crippen molar-refractivity contribution in [3.8, 4) is 6.07 Å². The van der Waals surface area contributed by atoms with E-state index in [1.165, 1.54) is 12.1 Å². The third-order valence-corrected chi connectivity index (χ3v) is 3.17. The molecule has 0 fully saturated rings. The van der Waals surface area contributed by atoms with Gasteiger partial charge in [0, 0.05) is 22.3 Å². The molecule has 0 aromatic heterocycles. The van der Waals surface area contributed by atoms with Crippen molar-refractivity contribution in [2.75, 3.05) is 5.32 Å². The lowest BCUT2D eigenvalue weighted by atomic mass is 10.2. The second-order valence-electron chi connectivity index (χ2n) is 3.90. The third kappa shape index (κ3) is 3.37. The molecule has 0 aliphatic rings. The first kappa shape index (κ1) is 13.7. The average Bonchev–Trinajstić information content (AvgIpc) is 2.39. The van der Waals surface area contributed by atoms with Gasteiger partial charge in [0.1, 0.15) is 11.9 Å². The maximum Gasteiger partial charge on any atom is 0.141 e. The van der Waals surface area contributed by atoms with Crippen LogP contribution in [0.5, 0.6) is 0 Å². The van der Waals surface area contributed by atoms with Crippen LogP contribution in [0.25, 0.3) is 0 Å². The zero-order chi connectivity index (χ0) is 13.8. The first-order valence-electron chi connectivity index (χ1n) is 5.47. The molecule has 0 atom stereocenters.